The maximum Gasteiger partial charge on any atom is 0.338 e. The molecule has 0 amide bonds. The quantitative estimate of drug-likeness (QED) is 0.176. The predicted molar refractivity (Wildman–Crippen MR) is 126 cm³/mol. The lowest BCUT2D eigenvalue weighted by Gasteiger charge is -2.11. The van der Waals surface area contributed by atoms with Crippen LogP contribution in [0.15, 0.2) is 42.6 Å². The van der Waals surface area contributed by atoms with Crippen LogP contribution < -0.4 is 0 Å². The number of rotatable bonds is 14. The molecule has 0 bridgehead atoms. The van der Waals surface area contributed by atoms with E-state index in [1.54, 1.807) is 12.1 Å². The molecule has 3 nitrogen and oxygen atoms in total. The second kappa shape index (κ2) is 14.2. The summed E-state index contributed by atoms with van der Waals surface area (Å²) in [5.74, 6) is -0.322. The van der Waals surface area contributed by atoms with Crippen LogP contribution in [0.5, 0.6) is 0 Å². The van der Waals surface area contributed by atoms with Gasteiger partial charge in [0.1, 0.15) is 6.61 Å². The van der Waals surface area contributed by atoms with Gasteiger partial charge in [-0.3, -0.25) is 4.98 Å². The number of benzene rings is 1. The van der Waals surface area contributed by atoms with Crippen molar-refractivity contribution in [3.05, 3.63) is 53.7 Å². The number of carbonyl (C=O) groups is 1. The van der Waals surface area contributed by atoms with E-state index in [1.165, 1.54) is 50.5 Å². The SMILES string of the molecule is CCCCCCCC(Cl)COC(=O)c1ccc(-c2ccc(CCCCC)cn2)cc1. The number of esters is 1. The Morgan fingerprint density at radius 1 is 0.933 bits per heavy atom. The molecule has 164 valence electrons. The van der Waals surface area contributed by atoms with Crippen LogP contribution >= 0.6 is 11.6 Å². The van der Waals surface area contributed by atoms with Gasteiger partial charge in [-0.2, -0.15) is 0 Å². The lowest BCUT2D eigenvalue weighted by atomic mass is 10.1. The molecule has 1 aromatic heterocycles. The molecule has 0 spiro atoms. The third kappa shape index (κ3) is 8.87. The maximum absolute atomic E-state index is 12.3. The smallest absolute Gasteiger partial charge is 0.338 e. The second-order valence-electron chi connectivity index (χ2n) is 7.98. The topological polar surface area (TPSA) is 39.2 Å². The van der Waals surface area contributed by atoms with Gasteiger partial charge in [-0.25, -0.2) is 4.79 Å². The number of nitrogens with zero attached hydrogens (tertiary/aromatic N) is 1. The number of hydrogen-bond donors (Lipinski definition) is 0. The molecule has 1 atom stereocenters. The van der Waals surface area contributed by atoms with Crippen molar-refractivity contribution in [2.75, 3.05) is 6.61 Å². The number of ether oxygens (including phenoxy) is 1. The first kappa shape index (κ1) is 24.4. The zero-order valence-electron chi connectivity index (χ0n) is 18.5. The standard InChI is InChI=1S/C26H36ClNO2/c1-3-5-7-8-10-12-24(27)20-30-26(29)23-16-14-22(15-17-23)25-18-13-21(19-28-25)11-9-6-4-2/h13-19,24H,3-12,20H2,1-2H3. The van der Waals surface area contributed by atoms with Crippen LogP contribution in [-0.4, -0.2) is 22.9 Å². The Balaban J connectivity index is 1.78. The highest BCUT2D eigenvalue weighted by Crippen LogP contribution is 2.19. The van der Waals surface area contributed by atoms with Gasteiger partial charge < -0.3 is 4.74 Å². The Morgan fingerprint density at radius 3 is 2.30 bits per heavy atom. The van der Waals surface area contributed by atoms with E-state index >= 15 is 0 Å². The molecular formula is C26H36ClNO2. The number of alkyl halides is 1. The molecule has 30 heavy (non-hydrogen) atoms. The summed E-state index contributed by atoms with van der Waals surface area (Å²) in [6, 6.07) is 11.6. The summed E-state index contributed by atoms with van der Waals surface area (Å²) in [5, 5.41) is -0.116. The number of carbonyl (C=O) groups excluding carboxylic acids is 1. The van der Waals surface area contributed by atoms with E-state index < -0.39 is 0 Å². The average Bonchev–Trinajstić information content (AvgIpc) is 2.78. The van der Waals surface area contributed by atoms with Crippen LogP contribution in [0.2, 0.25) is 0 Å². The molecule has 0 saturated carbocycles. The van der Waals surface area contributed by atoms with Crippen molar-refractivity contribution in [2.45, 2.75) is 83.4 Å². The molecule has 1 aromatic carbocycles. The van der Waals surface area contributed by atoms with Gasteiger partial charge in [0.25, 0.3) is 0 Å². The van der Waals surface area contributed by atoms with Crippen molar-refractivity contribution in [3.63, 3.8) is 0 Å². The molecule has 0 aliphatic carbocycles. The van der Waals surface area contributed by atoms with Crippen molar-refractivity contribution in [1.29, 1.82) is 0 Å². The van der Waals surface area contributed by atoms with Crippen LogP contribution in [-0.2, 0) is 11.2 Å². The van der Waals surface area contributed by atoms with E-state index in [0.29, 0.717) is 5.56 Å². The van der Waals surface area contributed by atoms with E-state index in [0.717, 1.165) is 30.5 Å². The molecule has 1 heterocycles. The minimum Gasteiger partial charge on any atom is -0.461 e. The van der Waals surface area contributed by atoms with Gasteiger partial charge in [0.2, 0.25) is 0 Å². The predicted octanol–water partition coefficient (Wildman–Crippen LogP) is 7.61. The Hall–Kier alpha value is -1.87. The van der Waals surface area contributed by atoms with Gasteiger partial charge in [0.05, 0.1) is 16.6 Å². The fraction of sp³-hybridized carbons (Fsp3) is 0.538. The summed E-state index contributed by atoms with van der Waals surface area (Å²) in [6.45, 7) is 4.68. The van der Waals surface area contributed by atoms with Crippen LogP contribution in [0.25, 0.3) is 11.3 Å². The normalized spacial score (nSPS) is 12.0. The van der Waals surface area contributed by atoms with Crippen LogP contribution in [0.1, 0.15) is 87.6 Å². The maximum atomic E-state index is 12.3. The lowest BCUT2D eigenvalue weighted by molar-refractivity contribution is 0.0501. The lowest BCUT2D eigenvalue weighted by Crippen LogP contribution is -2.14. The second-order valence-corrected chi connectivity index (χ2v) is 8.60. The number of aromatic nitrogens is 1. The third-order valence-electron chi connectivity index (χ3n) is 5.33. The first-order valence-corrected chi connectivity index (χ1v) is 11.9. The summed E-state index contributed by atoms with van der Waals surface area (Å²) in [7, 11) is 0. The fourth-order valence-electron chi connectivity index (χ4n) is 3.40. The number of aryl methyl sites for hydroxylation is 1. The molecular weight excluding hydrogens is 394 g/mol. The first-order valence-electron chi connectivity index (χ1n) is 11.5. The zero-order chi connectivity index (χ0) is 21.6. The number of pyridine rings is 1. The zero-order valence-corrected chi connectivity index (χ0v) is 19.3. The molecule has 2 rings (SSSR count). The summed E-state index contributed by atoms with van der Waals surface area (Å²) < 4.78 is 5.39. The molecule has 0 saturated heterocycles. The van der Waals surface area contributed by atoms with Gasteiger partial charge in [0.15, 0.2) is 0 Å². The summed E-state index contributed by atoms with van der Waals surface area (Å²) >= 11 is 6.30. The molecule has 1 unspecified atom stereocenters. The van der Waals surface area contributed by atoms with Gasteiger partial charge in [-0.1, -0.05) is 77.0 Å². The highest BCUT2D eigenvalue weighted by molar-refractivity contribution is 6.20. The van der Waals surface area contributed by atoms with Crippen molar-refractivity contribution in [3.8, 4) is 11.3 Å². The third-order valence-corrected chi connectivity index (χ3v) is 5.67. The molecule has 0 N–H and O–H groups in total. The largest absolute Gasteiger partial charge is 0.461 e. The molecule has 0 aliphatic heterocycles. The van der Waals surface area contributed by atoms with Crippen LogP contribution in [0.3, 0.4) is 0 Å². The summed E-state index contributed by atoms with van der Waals surface area (Å²) in [4.78, 5) is 16.9. The Labute approximate surface area is 187 Å². The molecule has 0 fully saturated rings. The van der Waals surface area contributed by atoms with E-state index in [1.807, 2.05) is 24.4 Å². The average molecular weight is 430 g/mol. The Bertz CT molecular complexity index is 728. The van der Waals surface area contributed by atoms with Gasteiger partial charge >= 0.3 is 5.97 Å². The first-order chi connectivity index (χ1) is 14.6. The highest BCUT2D eigenvalue weighted by Gasteiger charge is 2.12. The van der Waals surface area contributed by atoms with Crippen molar-refractivity contribution < 1.29 is 9.53 Å². The van der Waals surface area contributed by atoms with Crippen LogP contribution in [0.4, 0.5) is 0 Å². The highest BCUT2D eigenvalue weighted by atomic mass is 35.5. The monoisotopic (exact) mass is 429 g/mol. The molecule has 0 aliphatic rings. The van der Waals surface area contributed by atoms with E-state index in [2.05, 4.69) is 24.9 Å². The molecule has 2 aromatic rings. The summed E-state index contributed by atoms with van der Waals surface area (Å²) in [6.07, 6.45) is 13.6. The molecule has 4 heteroatoms. The molecule has 0 radical (unpaired) electrons. The Kier molecular flexibility index (Phi) is 11.5. The van der Waals surface area contributed by atoms with Gasteiger partial charge in [-0.05, 0) is 43.0 Å². The number of hydrogen-bond acceptors (Lipinski definition) is 3. The van der Waals surface area contributed by atoms with Crippen molar-refractivity contribution in [1.82, 2.24) is 4.98 Å². The van der Waals surface area contributed by atoms with E-state index in [4.69, 9.17) is 16.3 Å². The minimum absolute atomic E-state index is 0.116. The number of halogens is 1. The number of unbranched alkanes of at least 4 members (excludes halogenated alkanes) is 6. The van der Waals surface area contributed by atoms with Gasteiger partial charge in [-0.15, -0.1) is 11.6 Å². The fourth-order valence-corrected chi connectivity index (χ4v) is 3.62. The van der Waals surface area contributed by atoms with Crippen LogP contribution in [0, 0.1) is 0 Å². The Morgan fingerprint density at radius 2 is 1.63 bits per heavy atom. The summed E-state index contributed by atoms with van der Waals surface area (Å²) in [5.41, 5.74) is 3.72. The van der Waals surface area contributed by atoms with Crippen molar-refractivity contribution in [2.24, 2.45) is 0 Å². The van der Waals surface area contributed by atoms with Gasteiger partial charge in [0, 0.05) is 11.8 Å². The van der Waals surface area contributed by atoms with Crippen molar-refractivity contribution >= 4 is 17.6 Å². The minimum atomic E-state index is -0.322. The van der Waals surface area contributed by atoms with E-state index in [9.17, 15) is 4.79 Å². The van der Waals surface area contributed by atoms with E-state index in [-0.39, 0.29) is 18.0 Å².